The number of carboxylic acids is 1. The zero-order valence-corrected chi connectivity index (χ0v) is 60.6. The Morgan fingerprint density at radius 2 is 0.814 bits per heavy atom. The summed E-state index contributed by atoms with van der Waals surface area (Å²) in [4.78, 5) is 136. The molecule has 0 fully saturated rings. The van der Waals surface area contributed by atoms with Crippen LogP contribution in [0.3, 0.4) is 0 Å². The molecular weight excluding hydrogens is 1300 g/mol. The Kier molecular flexibility index (Phi) is 36.1. The fourth-order valence-corrected chi connectivity index (χ4v) is 10.5. The molecule has 0 unspecified atom stereocenters. The van der Waals surface area contributed by atoms with Gasteiger partial charge < -0.3 is 79.0 Å². The van der Waals surface area contributed by atoms with E-state index in [9.17, 15) is 58.2 Å². The lowest BCUT2D eigenvalue weighted by atomic mass is 9.99. The Morgan fingerprint density at radius 1 is 0.441 bits per heavy atom. The molecule has 26 heteroatoms. The number of nitrogens with one attached hydrogen (secondary N) is 9. The van der Waals surface area contributed by atoms with Gasteiger partial charge in [0.1, 0.15) is 59.2 Å². The van der Waals surface area contributed by atoms with Crippen LogP contribution in [0.4, 0.5) is 9.59 Å². The minimum absolute atomic E-state index is 0.0155. The third-order valence-corrected chi connectivity index (χ3v) is 15.6. The summed E-state index contributed by atoms with van der Waals surface area (Å²) in [6, 6.07) is 29.8. The minimum Gasteiger partial charge on any atom is -0.506 e. The van der Waals surface area contributed by atoms with Crippen molar-refractivity contribution in [2.24, 2.45) is 23.3 Å². The predicted molar refractivity (Wildman–Crippen MR) is 389 cm³/mol. The van der Waals surface area contributed by atoms with Gasteiger partial charge in [-0.1, -0.05) is 149 Å². The van der Waals surface area contributed by atoms with Gasteiger partial charge >= 0.3 is 18.2 Å². The van der Waals surface area contributed by atoms with E-state index in [1.54, 1.807) is 71.9 Å². The molecule has 9 amide bonds. The molecular formula is C76H108N12O14. The van der Waals surface area contributed by atoms with Crippen molar-refractivity contribution in [2.45, 2.75) is 212 Å². The van der Waals surface area contributed by atoms with E-state index in [4.69, 9.17) is 20.9 Å². The van der Waals surface area contributed by atoms with E-state index >= 15 is 0 Å². The SMILES string of the molecule is CC(C)C[C@@H](NC(=O)[C@@H](Cc1ccccc1)NC(=O)[C@@H](Cc1ccccc1)NC(=O)OC(C)(C)C)C(=O)N[C@H](CCCCNC(=O)OC(C)(C)C)C(=O)O.CC(C)C[C@@H](NC(=O)[C@@H](Cc1ccccc1)NC(=O)[C@H](N)Cc1ccccc1)C(=O)N[C@H](CCCCN)C(=O)NCc1ccncc1O. The maximum absolute atomic E-state index is 14.0. The lowest BCUT2D eigenvalue weighted by molar-refractivity contribution is -0.142. The van der Waals surface area contributed by atoms with Crippen molar-refractivity contribution in [3.05, 3.63) is 168 Å². The fraction of sp³-hybridized carbons (Fsp3) is 0.487. The summed E-state index contributed by atoms with van der Waals surface area (Å²) >= 11 is 0. The molecule has 1 aromatic heterocycles. The van der Waals surface area contributed by atoms with Crippen LogP contribution < -0.4 is 59.3 Å². The number of aromatic nitrogens is 1. The topological polar surface area (TPSA) is 403 Å². The number of carbonyl (C=O) groups is 10. The summed E-state index contributed by atoms with van der Waals surface area (Å²) in [6.45, 7) is 18.6. The highest BCUT2D eigenvalue weighted by molar-refractivity contribution is 5.96. The first-order valence-electron chi connectivity index (χ1n) is 34.8. The number of pyridine rings is 1. The third-order valence-electron chi connectivity index (χ3n) is 15.6. The summed E-state index contributed by atoms with van der Waals surface area (Å²) < 4.78 is 10.6. The number of nitrogens with two attached hydrogens (primary N) is 2. The van der Waals surface area contributed by atoms with E-state index < -0.39 is 119 Å². The summed E-state index contributed by atoms with van der Waals surface area (Å²) in [5.74, 6) is -5.34. The number of ether oxygens (including phenoxy) is 2. The van der Waals surface area contributed by atoms with Gasteiger partial charge in [-0.15, -0.1) is 0 Å². The number of amides is 9. The van der Waals surface area contributed by atoms with Crippen LogP contribution in [0.15, 0.2) is 140 Å². The molecule has 0 saturated carbocycles. The van der Waals surface area contributed by atoms with E-state index in [1.807, 2.05) is 125 Å². The number of aromatic hydroxyl groups is 1. The van der Waals surface area contributed by atoms with Crippen LogP contribution in [0, 0.1) is 11.8 Å². The van der Waals surface area contributed by atoms with E-state index in [-0.39, 0.29) is 62.8 Å². The molecule has 5 rings (SSSR count). The van der Waals surface area contributed by atoms with Crippen LogP contribution in [-0.4, -0.2) is 147 Å². The molecule has 0 aliphatic rings. The van der Waals surface area contributed by atoms with Crippen LogP contribution in [-0.2, 0) is 80.1 Å². The lowest BCUT2D eigenvalue weighted by Gasteiger charge is -2.27. The van der Waals surface area contributed by atoms with Crippen molar-refractivity contribution in [1.29, 1.82) is 0 Å². The lowest BCUT2D eigenvalue weighted by Crippen LogP contribution is -2.58. The summed E-state index contributed by atoms with van der Waals surface area (Å²) in [7, 11) is 0. The summed E-state index contributed by atoms with van der Waals surface area (Å²) in [5, 5.41) is 44.5. The third kappa shape index (κ3) is 33.9. The molecule has 5 aromatic rings. The molecule has 26 nitrogen and oxygen atoms in total. The van der Waals surface area contributed by atoms with Crippen molar-refractivity contribution in [1.82, 2.24) is 52.8 Å². The van der Waals surface area contributed by atoms with Crippen molar-refractivity contribution >= 4 is 59.5 Å². The molecule has 0 aliphatic carbocycles. The number of unbranched alkanes of at least 4 members (excludes halogenated alkanes) is 2. The van der Waals surface area contributed by atoms with Gasteiger partial charge in [0.05, 0.1) is 12.2 Å². The number of nitrogens with zero attached hydrogens (tertiary/aromatic N) is 1. The molecule has 0 bridgehead atoms. The first-order chi connectivity index (χ1) is 48.3. The Morgan fingerprint density at radius 3 is 1.24 bits per heavy atom. The van der Waals surface area contributed by atoms with Crippen LogP contribution in [0.2, 0.25) is 0 Å². The van der Waals surface area contributed by atoms with E-state index in [0.29, 0.717) is 57.1 Å². The van der Waals surface area contributed by atoms with Crippen LogP contribution in [0.5, 0.6) is 5.75 Å². The Bertz CT molecular complexity index is 3430. The molecule has 0 spiro atoms. The average Bonchev–Trinajstić information content (AvgIpc) is 1.41. The van der Waals surface area contributed by atoms with Crippen LogP contribution in [0.25, 0.3) is 0 Å². The number of carboxylic acid groups (broad SMARTS) is 1. The van der Waals surface area contributed by atoms with Crippen LogP contribution in [0.1, 0.15) is 148 Å². The highest BCUT2D eigenvalue weighted by atomic mass is 16.6. The maximum atomic E-state index is 14.0. The summed E-state index contributed by atoms with van der Waals surface area (Å²) in [5.41, 5.74) is 14.1. The smallest absolute Gasteiger partial charge is 0.408 e. The number of carbonyl (C=O) groups excluding carboxylic acids is 9. The quantitative estimate of drug-likeness (QED) is 0.0188. The first-order valence-corrected chi connectivity index (χ1v) is 34.8. The van der Waals surface area contributed by atoms with Crippen molar-refractivity contribution < 1.29 is 67.6 Å². The highest BCUT2D eigenvalue weighted by Gasteiger charge is 2.35. The second kappa shape index (κ2) is 43.7. The van der Waals surface area contributed by atoms with E-state index in [0.717, 1.165) is 22.3 Å². The van der Waals surface area contributed by atoms with Crippen molar-refractivity contribution in [3.63, 3.8) is 0 Å². The molecule has 0 saturated heterocycles. The number of benzene rings is 4. The predicted octanol–water partition coefficient (Wildman–Crippen LogP) is 6.49. The number of rotatable bonds is 38. The second-order valence-corrected chi connectivity index (χ2v) is 28.0. The zero-order valence-electron chi connectivity index (χ0n) is 60.6. The molecule has 1 heterocycles. The second-order valence-electron chi connectivity index (χ2n) is 28.0. The number of hydrogen-bond donors (Lipinski definition) is 13. The number of alkyl carbamates (subject to hydrolysis) is 2. The number of aliphatic carboxylic acids is 1. The maximum Gasteiger partial charge on any atom is 0.408 e. The fourth-order valence-electron chi connectivity index (χ4n) is 10.5. The van der Waals surface area contributed by atoms with Gasteiger partial charge in [0.25, 0.3) is 0 Å². The minimum atomic E-state index is -1.25. The molecule has 15 N–H and O–H groups in total. The standard InChI is InChI=1S/C40H59N5O9.C36H49N7O5/c1-26(2)23-30(33(46)42-29(36(49)50)21-15-16-22-41-37(51)53-39(3,4)5)43-34(47)31(24-27-17-11-9-12-18-27)44-35(48)32(25-28-19-13-10-14-20-28)45-38(52)54-40(6,7)8;1-24(2)19-30(35(47)41-29(15-9-10-17-37)34(46)40-22-27-16-18-39-23-32(27)44)43-36(48)31(21-26-13-7-4-8-14-26)42-33(45)28(38)20-25-11-5-3-6-12-25/h9-14,17-20,26,29-32H,15-16,21-25H2,1-8H3,(H,41,51)(H,42,46)(H,43,47)(H,44,48)(H,45,52)(H,49,50);3-8,11-14,16,18,23-24,28-31,44H,9-10,15,17,19-22,37-38H2,1-2H3,(H,40,46)(H,41,47)(H,42,45)(H,43,48)/t29-,30-,31-,32-;28-,29-,30-,31-/m11/s1. The molecule has 0 radical (unpaired) electrons. The molecule has 102 heavy (non-hydrogen) atoms. The van der Waals surface area contributed by atoms with Crippen molar-refractivity contribution in [3.8, 4) is 5.75 Å². The monoisotopic (exact) mass is 1410 g/mol. The first kappa shape index (κ1) is 84.5. The largest absolute Gasteiger partial charge is 0.506 e. The van der Waals surface area contributed by atoms with Gasteiger partial charge in [-0.3, -0.25) is 38.5 Å². The van der Waals surface area contributed by atoms with Crippen LogP contribution >= 0.6 is 0 Å². The number of hydrogen-bond acceptors (Lipinski definition) is 16. The van der Waals surface area contributed by atoms with Gasteiger partial charge in [-0.25, -0.2) is 14.4 Å². The Labute approximate surface area is 599 Å². The van der Waals surface area contributed by atoms with Gasteiger partial charge in [0, 0.05) is 44.1 Å². The normalized spacial score (nSPS) is 13.6. The molecule has 8 atom stereocenters. The zero-order chi connectivity index (χ0) is 75.4. The average molecular weight is 1410 g/mol. The van der Waals surface area contributed by atoms with E-state index in [1.165, 1.54) is 12.4 Å². The Balaban J connectivity index is 0.000000435. The molecule has 556 valence electrons. The van der Waals surface area contributed by atoms with Gasteiger partial charge in [0.2, 0.25) is 41.4 Å². The summed E-state index contributed by atoms with van der Waals surface area (Å²) in [6.07, 6.45) is 5.00. The van der Waals surface area contributed by atoms with E-state index in [2.05, 4.69) is 52.8 Å². The highest BCUT2D eigenvalue weighted by Crippen LogP contribution is 2.17. The molecule has 0 aliphatic heterocycles. The van der Waals surface area contributed by atoms with Gasteiger partial charge in [-0.2, -0.15) is 0 Å². The molecule has 4 aromatic carbocycles. The van der Waals surface area contributed by atoms with Gasteiger partial charge in [-0.05, 0) is 146 Å². The van der Waals surface area contributed by atoms with Crippen molar-refractivity contribution in [2.75, 3.05) is 13.1 Å². The van der Waals surface area contributed by atoms with Gasteiger partial charge in [0.15, 0.2) is 0 Å². The Hall–Kier alpha value is -9.95.